The fourth-order valence-corrected chi connectivity index (χ4v) is 3.10. The lowest BCUT2D eigenvalue weighted by atomic mass is 10.1. The number of ether oxygens (including phenoxy) is 1. The molecule has 0 saturated carbocycles. The average Bonchev–Trinajstić information content (AvgIpc) is 3.01. The Balaban J connectivity index is 1.64. The van der Waals surface area contributed by atoms with E-state index in [0.717, 1.165) is 16.8 Å². The molecule has 1 heterocycles. The molecule has 0 radical (unpaired) electrons. The van der Waals surface area contributed by atoms with Crippen LogP contribution in [0.4, 0.5) is 5.69 Å². The van der Waals surface area contributed by atoms with Gasteiger partial charge in [0, 0.05) is 24.2 Å². The number of methoxy groups -OCH3 is 1. The summed E-state index contributed by atoms with van der Waals surface area (Å²) in [5.41, 5.74) is 2.96. The van der Waals surface area contributed by atoms with Gasteiger partial charge < -0.3 is 15.0 Å². The molecular formula is C18H17N3O3S. The van der Waals surface area contributed by atoms with Crippen molar-refractivity contribution in [3.05, 3.63) is 48.0 Å². The molecule has 0 aliphatic carbocycles. The van der Waals surface area contributed by atoms with Crippen molar-refractivity contribution in [1.29, 1.82) is 0 Å². The molecule has 0 aliphatic rings. The van der Waals surface area contributed by atoms with Crippen LogP contribution in [0.2, 0.25) is 0 Å². The topological polar surface area (TPSA) is 84.1 Å². The van der Waals surface area contributed by atoms with E-state index in [1.807, 2.05) is 18.2 Å². The van der Waals surface area contributed by atoms with Crippen molar-refractivity contribution in [3.63, 3.8) is 0 Å². The molecule has 0 aliphatic heterocycles. The van der Waals surface area contributed by atoms with Gasteiger partial charge in [0.1, 0.15) is 5.75 Å². The molecule has 2 aromatic carbocycles. The monoisotopic (exact) mass is 355 g/mol. The van der Waals surface area contributed by atoms with E-state index in [4.69, 9.17) is 4.74 Å². The highest BCUT2D eigenvalue weighted by Crippen LogP contribution is 2.23. The average molecular weight is 355 g/mol. The first-order valence-electron chi connectivity index (χ1n) is 7.62. The van der Waals surface area contributed by atoms with Gasteiger partial charge in [-0.3, -0.25) is 9.59 Å². The Labute approximate surface area is 149 Å². The Morgan fingerprint density at radius 1 is 1.20 bits per heavy atom. The van der Waals surface area contributed by atoms with Gasteiger partial charge in [-0.15, -0.1) is 0 Å². The molecule has 0 saturated heterocycles. The Kier molecular flexibility index (Phi) is 5.04. The SMILES string of the molecule is COc1ccc2nc(SCC(=O)c3ccc(NC(C)=O)cc3)[nH]c2c1. The smallest absolute Gasteiger partial charge is 0.221 e. The molecule has 25 heavy (non-hydrogen) atoms. The third-order valence-corrected chi connectivity index (χ3v) is 4.41. The Hall–Kier alpha value is -2.80. The van der Waals surface area contributed by atoms with Crippen molar-refractivity contribution in [2.75, 3.05) is 18.2 Å². The molecule has 3 rings (SSSR count). The number of fused-ring (bicyclic) bond motifs is 1. The van der Waals surface area contributed by atoms with E-state index in [2.05, 4.69) is 15.3 Å². The minimum atomic E-state index is -0.142. The summed E-state index contributed by atoms with van der Waals surface area (Å²) in [6, 6.07) is 12.4. The van der Waals surface area contributed by atoms with Gasteiger partial charge in [-0.05, 0) is 36.4 Å². The standard InChI is InChI=1S/C18H17N3O3S/c1-11(22)19-13-5-3-12(4-6-13)17(23)10-25-18-20-15-8-7-14(24-2)9-16(15)21-18/h3-9H,10H2,1-2H3,(H,19,22)(H,20,21). The Morgan fingerprint density at radius 2 is 1.96 bits per heavy atom. The number of thioether (sulfide) groups is 1. The number of nitrogens with zero attached hydrogens (tertiary/aromatic N) is 1. The number of hydrogen-bond donors (Lipinski definition) is 2. The van der Waals surface area contributed by atoms with Crippen molar-refractivity contribution in [1.82, 2.24) is 9.97 Å². The quantitative estimate of drug-likeness (QED) is 0.522. The lowest BCUT2D eigenvalue weighted by Gasteiger charge is -2.03. The van der Waals surface area contributed by atoms with Crippen LogP contribution >= 0.6 is 11.8 Å². The molecule has 1 amide bonds. The number of aromatic nitrogens is 2. The fourth-order valence-electron chi connectivity index (χ4n) is 2.32. The van der Waals surface area contributed by atoms with Crippen LogP contribution in [-0.4, -0.2) is 34.5 Å². The summed E-state index contributed by atoms with van der Waals surface area (Å²) >= 11 is 1.35. The highest BCUT2D eigenvalue weighted by Gasteiger charge is 2.10. The third kappa shape index (κ3) is 4.19. The van der Waals surface area contributed by atoms with Gasteiger partial charge in [-0.25, -0.2) is 4.98 Å². The van der Waals surface area contributed by atoms with Gasteiger partial charge in [-0.1, -0.05) is 11.8 Å². The number of nitrogens with one attached hydrogen (secondary N) is 2. The number of carbonyl (C=O) groups excluding carboxylic acids is 2. The predicted octanol–water partition coefficient (Wildman–Crippen LogP) is 3.50. The van der Waals surface area contributed by atoms with Crippen LogP contribution in [0.15, 0.2) is 47.6 Å². The van der Waals surface area contributed by atoms with E-state index >= 15 is 0 Å². The van der Waals surface area contributed by atoms with Gasteiger partial charge in [0.2, 0.25) is 5.91 Å². The van der Waals surface area contributed by atoms with E-state index in [0.29, 0.717) is 16.4 Å². The van der Waals surface area contributed by atoms with Gasteiger partial charge in [0.25, 0.3) is 0 Å². The zero-order valence-electron chi connectivity index (χ0n) is 13.8. The first kappa shape index (κ1) is 17.0. The highest BCUT2D eigenvalue weighted by atomic mass is 32.2. The molecule has 0 spiro atoms. The molecule has 0 fully saturated rings. The lowest BCUT2D eigenvalue weighted by molar-refractivity contribution is -0.114. The summed E-state index contributed by atoms with van der Waals surface area (Å²) in [7, 11) is 1.61. The molecule has 7 heteroatoms. The van der Waals surface area contributed by atoms with Crippen molar-refractivity contribution >= 4 is 40.2 Å². The molecule has 0 atom stereocenters. The van der Waals surface area contributed by atoms with Crippen molar-refractivity contribution in [2.45, 2.75) is 12.1 Å². The van der Waals surface area contributed by atoms with E-state index in [1.165, 1.54) is 18.7 Å². The summed E-state index contributed by atoms with van der Waals surface area (Å²) in [5, 5.41) is 3.36. The third-order valence-electron chi connectivity index (χ3n) is 3.53. The summed E-state index contributed by atoms with van der Waals surface area (Å²) in [6.45, 7) is 1.44. The number of amides is 1. The summed E-state index contributed by atoms with van der Waals surface area (Å²) < 4.78 is 5.19. The zero-order valence-corrected chi connectivity index (χ0v) is 14.6. The molecule has 6 nitrogen and oxygen atoms in total. The summed E-state index contributed by atoms with van der Waals surface area (Å²) in [6.07, 6.45) is 0. The maximum Gasteiger partial charge on any atom is 0.221 e. The number of H-pyrrole nitrogens is 1. The second-order valence-electron chi connectivity index (χ2n) is 5.40. The molecule has 0 bridgehead atoms. The maximum atomic E-state index is 12.3. The van der Waals surface area contributed by atoms with Crippen molar-refractivity contribution in [2.24, 2.45) is 0 Å². The first-order valence-corrected chi connectivity index (χ1v) is 8.61. The number of benzene rings is 2. The molecule has 0 unspecified atom stereocenters. The highest BCUT2D eigenvalue weighted by molar-refractivity contribution is 7.99. The van der Waals surface area contributed by atoms with Gasteiger partial charge in [0.05, 0.1) is 23.9 Å². The van der Waals surface area contributed by atoms with Gasteiger partial charge in [0.15, 0.2) is 10.9 Å². The molecule has 2 N–H and O–H groups in total. The van der Waals surface area contributed by atoms with Gasteiger partial charge >= 0.3 is 0 Å². The van der Waals surface area contributed by atoms with Crippen LogP contribution in [0.1, 0.15) is 17.3 Å². The van der Waals surface area contributed by atoms with Crippen LogP contribution in [0, 0.1) is 0 Å². The number of Topliss-reactive ketones (excluding diaryl/α,β-unsaturated/α-hetero) is 1. The van der Waals surface area contributed by atoms with E-state index in [9.17, 15) is 9.59 Å². The van der Waals surface area contributed by atoms with Crippen molar-refractivity contribution in [3.8, 4) is 5.75 Å². The van der Waals surface area contributed by atoms with Crippen LogP contribution < -0.4 is 10.1 Å². The Bertz CT molecular complexity index is 919. The van der Waals surface area contributed by atoms with E-state index in [-0.39, 0.29) is 17.4 Å². The number of hydrogen-bond acceptors (Lipinski definition) is 5. The normalized spacial score (nSPS) is 10.6. The number of carbonyl (C=O) groups is 2. The maximum absolute atomic E-state index is 12.3. The number of imidazole rings is 1. The molecule has 128 valence electrons. The molecular weight excluding hydrogens is 338 g/mol. The van der Waals surface area contributed by atoms with Crippen LogP contribution in [-0.2, 0) is 4.79 Å². The zero-order chi connectivity index (χ0) is 17.8. The minimum Gasteiger partial charge on any atom is -0.497 e. The number of rotatable bonds is 6. The summed E-state index contributed by atoms with van der Waals surface area (Å²) in [5.74, 6) is 0.882. The van der Waals surface area contributed by atoms with E-state index < -0.39 is 0 Å². The first-order chi connectivity index (χ1) is 12.0. The summed E-state index contributed by atoms with van der Waals surface area (Å²) in [4.78, 5) is 30.9. The number of ketones is 1. The molecule has 3 aromatic rings. The van der Waals surface area contributed by atoms with Gasteiger partial charge in [-0.2, -0.15) is 0 Å². The molecule has 1 aromatic heterocycles. The van der Waals surface area contributed by atoms with Crippen LogP contribution in [0.25, 0.3) is 11.0 Å². The second kappa shape index (κ2) is 7.40. The van der Waals surface area contributed by atoms with E-state index in [1.54, 1.807) is 31.4 Å². The Morgan fingerprint density at radius 3 is 2.64 bits per heavy atom. The van der Waals surface area contributed by atoms with Crippen LogP contribution in [0.3, 0.4) is 0 Å². The van der Waals surface area contributed by atoms with Crippen molar-refractivity contribution < 1.29 is 14.3 Å². The largest absolute Gasteiger partial charge is 0.497 e. The number of aromatic amines is 1. The predicted molar refractivity (Wildman–Crippen MR) is 98.4 cm³/mol. The van der Waals surface area contributed by atoms with Crippen LogP contribution in [0.5, 0.6) is 5.75 Å². The second-order valence-corrected chi connectivity index (χ2v) is 6.36. The minimum absolute atomic E-state index is 0.00240. The lowest BCUT2D eigenvalue weighted by Crippen LogP contribution is -2.07. The fraction of sp³-hybridized carbons (Fsp3) is 0.167. The number of anilines is 1.